The maximum Gasteiger partial charge on any atom is 0.220 e. The lowest BCUT2D eigenvalue weighted by atomic mass is 9.69. The first-order chi connectivity index (χ1) is 6.64. The standard InChI is InChI=1S/C12H21NO/c1-3-10-12(2,8-11(14)13-10)7-9-5-4-6-9/h9-10H,3-8H2,1-2H3,(H,13,14). The van der Waals surface area contributed by atoms with Crippen molar-refractivity contribution in [1.82, 2.24) is 5.32 Å². The first kappa shape index (κ1) is 10.0. The second kappa shape index (κ2) is 3.56. The molecule has 1 amide bonds. The number of nitrogens with one attached hydrogen (secondary N) is 1. The van der Waals surface area contributed by atoms with E-state index < -0.39 is 0 Å². The van der Waals surface area contributed by atoms with Gasteiger partial charge in [0.2, 0.25) is 5.91 Å². The van der Waals surface area contributed by atoms with E-state index in [0.29, 0.717) is 6.04 Å². The van der Waals surface area contributed by atoms with E-state index in [0.717, 1.165) is 18.8 Å². The smallest absolute Gasteiger partial charge is 0.220 e. The lowest BCUT2D eigenvalue weighted by Crippen LogP contribution is -2.36. The van der Waals surface area contributed by atoms with Gasteiger partial charge in [0.15, 0.2) is 0 Å². The van der Waals surface area contributed by atoms with Crippen molar-refractivity contribution in [2.75, 3.05) is 0 Å². The van der Waals surface area contributed by atoms with Gasteiger partial charge in [0.05, 0.1) is 0 Å². The van der Waals surface area contributed by atoms with E-state index in [4.69, 9.17) is 0 Å². The molecule has 0 aromatic rings. The van der Waals surface area contributed by atoms with Crippen LogP contribution in [0.15, 0.2) is 0 Å². The van der Waals surface area contributed by atoms with Crippen LogP contribution < -0.4 is 5.32 Å². The molecule has 1 heterocycles. The van der Waals surface area contributed by atoms with E-state index in [1.165, 1.54) is 25.7 Å². The van der Waals surface area contributed by atoms with E-state index in [1.54, 1.807) is 0 Å². The highest BCUT2D eigenvalue weighted by Gasteiger charge is 2.43. The summed E-state index contributed by atoms with van der Waals surface area (Å²) in [6.07, 6.45) is 7.26. The van der Waals surface area contributed by atoms with E-state index in [1.807, 2.05) is 0 Å². The Morgan fingerprint density at radius 1 is 1.50 bits per heavy atom. The minimum absolute atomic E-state index is 0.247. The molecule has 14 heavy (non-hydrogen) atoms. The molecule has 2 fully saturated rings. The molecule has 80 valence electrons. The molecule has 1 saturated heterocycles. The fourth-order valence-electron chi connectivity index (χ4n) is 3.08. The fraction of sp³-hybridized carbons (Fsp3) is 0.917. The zero-order chi connectivity index (χ0) is 10.2. The Hall–Kier alpha value is -0.530. The van der Waals surface area contributed by atoms with Gasteiger partial charge in [-0.1, -0.05) is 33.1 Å². The van der Waals surface area contributed by atoms with Crippen molar-refractivity contribution in [2.45, 2.75) is 58.4 Å². The number of rotatable bonds is 3. The van der Waals surface area contributed by atoms with Gasteiger partial charge < -0.3 is 5.32 Å². The summed E-state index contributed by atoms with van der Waals surface area (Å²) in [5, 5.41) is 3.11. The van der Waals surface area contributed by atoms with Crippen LogP contribution in [0.25, 0.3) is 0 Å². The summed E-state index contributed by atoms with van der Waals surface area (Å²) in [5.41, 5.74) is 0.247. The maximum absolute atomic E-state index is 11.4. The third-order valence-corrected chi connectivity index (χ3v) is 4.13. The average Bonchev–Trinajstić information content (AvgIpc) is 2.35. The Balaban J connectivity index is 2.00. The molecular weight excluding hydrogens is 174 g/mol. The van der Waals surface area contributed by atoms with Gasteiger partial charge in [-0.05, 0) is 24.2 Å². The minimum Gasteiger partial charge on any atom is -0.353 e. The first-order valence-corrected chi connectivity index (χ1v) is 5.93. The van der Waals surface area contributed by atoms with E-state index >= 15 is 0 Å². The molecule has 0 bridgehead atoms. The van der Waals surface area contributed by atoms with Crippen molar-refractivity contribution in [3.8, 4) is 0 Å². The van der Waals surface area contributed by atoms with Gasteiger partial charge in [-0.2, -0.15) is 0 Å². The van der Waals surface area contributed by atoms with Crippen LogP contribution in [0.5, 0.6) is 0 Å². The Bertz CT molecular complexity index is 234. The summed E-state index contributed by atoms with van der Waals surface area (Å²) in [7, 11) is 0. The highest BCUT2D eigenvalue weighted by Crippen LogP contribution is 2.44. The van der Waals surface area contributed by atoms with Crippen molar-refractivity contribution >= 4 is 5.91 Å². The zero-order valence-corrected chi connectivity index (χ0v) is 9.31. The second-order valence-electron chi connectivity index (χ2n) is 5.36. The van der Waals surface area contributed by atoms with Crippen LogP contribution in [0.1, 0.15) is 52.4 Å². The summed E-state index contributed by atoms with van der Waals surface area (Å²) in [5.74, 6) is 1.17. The van der Waals surface area contributed by atoms with Gasteiger partial charge >= 0.3 is 0 Å². The number of carbonyl (C=O) groups excluding carboxylic acids is 1. The summed E-state index contributed by atoms with van der Waals surface area (Å²) in [6.45, 7) is 4.46. The molecule has 2 aliphatic rings. The third kappa shape index (κ3) is 1.67. The van der Waals surface area contributed by atoms with Crippen molar-refractivity contribution in [3.63, 3.8) is 0 Å². The van der Waals surface area contributed by atoms with E-state index in [9.17, 15) is 4.79 Å². The van der Waals surface area contributed by atoms with Gasteiger partial charge in [0, 0.05) is 12.5 Å². The first-order valence-electron chi connectivity index (χ1n) is 5.93. The van der Waals surface area contributed by atoms with Crippen LogP contribution in [-0.4, -0.2) is 11.9 Å². The quantitative estimate of drug-likeness (QED) is 0.736. The number of hydrogen-bond donors (Lipinski definition) is 1. The highest BCUT2D eigenvalue weighted by atomic mass is 16.2. The van der Waals surface area contributed by atoms with Crippen molar-refractivity contribution < 1.29 is 4.79 Å². The van der Waals surface area contributed by atoms with Crippen molar-refractivity contribution in [2.24, 2.45) is 11.3 Å². The van der Waals surface area contributed by atoms with Crippen LogP contribution in [0, 0.1) is 11.3 Å². The molecule has 2 rings (SSSR count). The predicted octanol–water partition coefficient (Wildman–Crippen LogP) is 2.48. The average molecular weight is 195 g/mol. The van der Waals surface area contributed by atoms with Gasteiger partial charge in [0.25, 0.3) is 0 Å². The molecule has 2 atom stereocenters. The van der Waals surface area contributed by atoms with Crippen LogP contribution in [0.2, 0.25) is 0 Å². The SMILES string of the molecule is CCC1NC(=O)CC1(C)CC1CCC1. The number of hydrogen-bond acceptors (Lipinski definition) is 1. The van der Waals surface area contributed by atoms with Crippen LogP contribution in [0.4, 0.5) is 0 Å². The third-order valence-electron chi connectivity index (χ3n) is 4.13. The van der Waals surface area contributed by atoms with E-state index in [2.05, 4.69) is 19.2 Å². The Morgan fingerprint density at radius 3 is 2.71 bits per heavy atom. The second-order valence-corrected chi connectivity index (χ2v) is 5.36. The largest absolute Gasteiger partial charge is 0.353 e. The van der Waals surface area contributed by atoms with Crippen LogP contribution in [0.3, 0.4) is 0 Å². The summed E-state index contributed by atoms with van der Waals surface area (Å²) in [6, 6.07) is 0.426. The zero-order valence-electron chi connectivity index (χ0n) is 9.31. The molecule has 0 spiro atoms. The lowest BCUT2D eigenvalue weighted by molar-refractivity contribution is -0.119. The highest BCUT2D eigenvalue weighted by molar-refractivity contribution is 5.79. The molecule has 1 N–H and O–H groups in total. The van der Waals surface area contributed by atoms with Crippen LogP contribution >= 0.6 is 0 Å². The number of amides is 1. The molecule has 2 heteroatoms. The van der Waals surface area contributed by atoms with Gasteiger partial charge in [-0.15, -0.1) is 0 Å². The summed E-state index contributed by atoms with van der Waals surface area (Å²) in [4.78, 5) is 11.4. The van der Waals surface area contributed by atoms with Crippen molar-refractivity contribution in [3.05, 3.63) is 0 Å². The van der Waals surface area contributed by atoms with Crippen LogP contribution in [-0.2, 0) is 4.79 Å². The minimum atomic E-state index is 0.247. The molecule has 1 aliphatic heterocycles. The Labute approximate surface area is 86.5 Å². The maximum atomic E-state index is 11.4. The topological polar surface area (TPSA) is 29.1 Å². The number of carbonyl (C=O) groups is 1. The van der Waals surface area contributed by atoms with Crippen molar-refractivity contribution in [1.29, 1.82) is 0 Å². The molecule has 1 saturated carbocycles. The lowest BCUT2D eigenvalue weighted by Gasteiger charge is -2.37. The summed E-state index contributed by atoms with van der Waals surface area (Å²) >= 11 is 0. The molecule has 2 nitrogen and oxygen atoms in total. The van der Waals surface area contributed by atoms with Gasteiger partial charge in [-0.3, -0.25) is 4.79 Å². The summed E-state index contributed by atoms with van der Waals surface area (Å²) < 4.78 is 0. The van der Waals surface area contributed by atoms with E-state index in [-0.39, 0.29) is 11.3 Å². The molecule has 0 aromatic heterocycles. The molecule has 1 aliphatic carbocycles. The molecule has 0 radical (unpaired) electrons. The molecule has 0 aromatic carbocycles. The Morgan fingerprint density at radius 2 is 2.21 bits per heavy atom. The fourth-order valence-corrected chi connectivity index (χ4v) is 3.08. The Kier molecular flexibility index (Phi) is 2.54. The molecular formula is C12H21NO. The normalized spacial score (nSPS) is 38.1. The van der Waals surface area contributed by atoms with Gasteiger partial charge in [0.1, 0.15) is 0 Å². The predicted molar refractivity (Wildman–Crippen MR) is 56.9 cm³/mol. The molecule has 2 unspecified atom stereocenters. The van der Waals surface area contributed by atoms with Gasteiger partial charge in [-0.25, -0.2) is 0 Å². The monoisotopic (exact) mass is 195 g/mol.